The van der Waals surface area contributed by atoms with Gasteiger partial charge in [-0.2, -0.15) is 0 Å². The van der Waals surface area contributed by atoms with Crippen molar-refractivity contribution in [2.45, 2.75) is 38.8 Å². The highest BCUT2D eigenvalue weighted by Gasteiger charge is 2.25. The highest BCUT2D eigenvalue weighted by molar-refractivity contribution is 7.89. The van der Waals surface area contributed by atoms with E-state index in [1.807, 2.05) is 13.0 Å². The number of aromatic nitrogens is 1. The predicted octanol–water partition coefficient (Wildman–Crippen LogP) is 1.09. The number of nitrogens with one attached hydrogen (secondary N) is 2. The highest BCUT2D eigenvalue weighted by Crippen LogP contribution is 2.14. The monoisotopic (exact) mass is 370 g/mol. The molecule has 0 saturated carbocycles. The molecule has 0 bridgehead atoms. The van der Waals surface area contributed by atoms with Gasteiger partial charge >= 0.3 is 6.03 Å². The summed E-state index contributed by atoms with van der Waals surface area (Å²) in [5.74, 6) is 0.632. The summed E-state index contributed by atoms with van der Waals surface area (Å²) < 4.78 is 31.5. The van der Waals surface area contributed by atoms with Gasteiger partial charge in [-0.1, -0.05) is 13.0 Å². The molecule has 1 saturated heterocycles. The van der Waals surface area contributed by atoms with Gasteiger partial charge in [0.05, 0.1) is 12.9 Å². The zero-order chi connectivity index (χ0) is 18.3. The first kappa shape index (κ1) is 19.5. The van der Waals surface area contributed by atoms with Gasteiger partial charge in [-0.3, -0.25) is 0 Å². The van der Waals surface area contributed by atoms with Crippen molar-refractivity contribution in [3.8, 4) is 5.88 Å². The van der Waals surface area contributed by atoms with E-state index in [0.717, 1.165) is 5.56 Å². The maximum absolute atomic E-state index is 12.3. The van der Waals surface area contributed by atoms with Gasteiger partial charge in [0.2, 0.25) is 15.9 Å². The number of nitrogens with zero attached hydrogens (tertiary/aromatic N) is 2. The third-order valence-corrected chi connectivity index (χ3v) is 5.71. The van der Waals surface area contributed by atoms with Gasteiger partial charge in [0, 0.05) is 37.4 Å². The van der Waals surface area contributed by atoms with Crippen LogP contribution in [-0.4, -0.2) is 56.3 Å². The predicted molar refractivity (Wildman–Crippen MR) is 94.8 cm³/mol. The minimum atomic E-state index is -3.21. The highest BCUT2D eigenvalue weighted by atomic mass is 32.2. The molecule has 1 aliphatic rings. The van der Waals surface area contributed by atoms with Crippen molar-refractivity contribution >= 4 is 16.1 Å². The molecule has 0 unspecified atom stereocenters. The number of hydrogen-bond donors (Lipinski definition) is 2. The molecule has 0 atom stereocenters. The maximum Gasteiger partial charge on any atom is 0.317 e. The third kappa shape index (κ3) is 5.86. The van der Waals surface area contributed by atoms with Crippen molar-refractivity contribution in [1.29, 1.82) is 0 Å². The summed E-state index contributed by atoms with van der Waals surface area (Å²) in [5.41, 5.74) is 0.806. The Bertz CT molecular complexity index is 672. The average molecular weight is 370 g/mol. The van der Waals surface area contributed by atoms with Crippen LogP contribution in [0.15, 0.2) is 18.3 Å². The van der Waals surface area contributed by atoms with Crippen LogP contribution in [-0.2, 0) is 16.6 Å². The number of hydrogen-bond acceptors (Lipinski definition) is 5. The van der Waals surface area contributed by atoms with E-state index in [1.165, 1.54) is 7.11 Å². The second-order valence-corrected chi connectivity index (χ2v) is 7.90. The summed E-state index contributed by atoms with van der Waals surface area (Å²) in [6, 6.07) is 3.37. The SMILES string of the molecule is CCCS(=O)(=O)NC1CCN(C(=O)NCc2cccnc2OC)CC1. The number of piperidine rings is 1. The zero-order valence-corrected chi connectivity index (χ0v) is 15.5. The van der Waals surface area contributed by atoms with Crippen LogP contribution in [0.25, 0.3) is 0 Å². The first-order chi connectivity index (χ1) is 11.9. The topological polar surface area (TPSA) is 101 Å². The molecule has 2 rings (SSSR count). The number of amides is 2. The summed E-state index contributed by atoms with van der Waals surface area (Å²) in [6.07, 6.45) is 3.46. The molecule has 2 heterocycles. The summed E-state index contributed by atoms with van der Waals surface area (Å²) in [6.45, 7) is 3.22. The Morgan fingerprint density at radius 3 is 2.76 bits per heavy atom. The fraction of sp³-hybridized carbons (Fsp3) is 0.625. The number of carbonyl (C=O) groups is 1. The lowest BCUT2D eigenvalue weighted by molar-refractivity contribution is 0.179. The molecule has 1 aromatic heterocycles. The van der Waals surface area contributed by atoms with Gasteiger partial charge in [0.15, 0.2) is 0 Å². The molecule has 1 fully saturated rings. The first-order valence-corrected chi connectivity index (χ1v) is 10.1. The normalized spacial score (nSPS) is 15.8. The minimum Gasteiger partial charge on any atom is -0.481 e. The molecular weight excluding hydrogens is 344 g/mol. The minimum absolute atomic E-state index is 0.0981. The van der Waals surface area contributed by atoms with Crippen LogP contribution in [0, 0.1) is 0 Å². The number of urea groups is 1. The fourth-order valence-corrected chi connectivity index (χ4v) is 4.21. The zero-order valence-electron chi connectivity index (χ0n) is 14.7. The number of pyridine rings is 1. The van der Waals surface area contributed by atoms with Crippen molar-refractivity contribution in [3.05, 3.63) is 23.9 Å². The van der Waals surface area contributed by atoms with Crippen molar-refractivity contribution < 1.29 is 17.9 Å². The van der Waals surface area contributed by atoms with E-state index in [1.54, 1.807) is 17.2 Å². The quantitative estimate of drug-likeness (QED) is 0.748. The van der Waals surface area contributed by atoms with E-state index < -0.39 is 10.0 Å². The molecule has 0 aliphatic carbocycles. The molecular formula is C16H26N4O4S. The summed E-state index contributed by atoms with van der Waals surface area (Å²) >= 11 is 0. The number of carbonyl (C=O) groups excluding carboxylic acids is 1. The van der Waals surface area contributed by atoms with Crippen LogP contribution in [0.1, 0.15) is 31.7 Å². The Labute approximate surface area is 149 Å². The maximum atomic E-state index is 12.3. The van der Waals surface area contributed by atoms with Gasteiger partial charge in [-0.25, -0.2) is 22.9 Å². The van der Waals surface area contributed by atoms with Crippen molar-refractivity contribution in [3.63, 3.8) is 0 Å². The van der Waals surface area contributed by atoms with Crippen LogP contribution < -0.4 is 14.8 Å². The Hall–Kier alpha value is -1.87. The largest absolute Gasteiger partial charge is 0.481 e. The fourth-order valence-electron chi connectivity index (χ4n) is 2.81. The first-order valence-electron chi connectivity index (χ1n) is 8.46. The Morgan fingerprint density at radius 1 is 1.40 bits per heavy atom. The van der Waals surface area contributed by atoms with Gasteiger partial charge < -0.3 is 15.0 Å². The molecule has 8 nitrogen and oxygen atoms in total. The molecule has 0 aromatic carbocycles. The van der Waals surface area contributed by atoms with Crippen LogP contribution in [0.4, 0.5) is 4.79 Å². The molecule has 2 N–H and O–H groups in total. The molecule has 140 valence electrons. The van der Waals surface area contributed by atoms with Gasteiger partial charge in [0.25, 0.3) is 0 Å². The molecule has 0 spiro atoms. The summed E-state index contributed by atoms with van der Waals surface area (Å²) in [7, 11) is -1.67. The van der Waals surface area contributed by atoms with Crippen LogP contribution in [0.5, 0.6) is 5.88 Å². The Kier molecular flexibility index (Phi) is 7.01. The second-order valence-electron chi connectivity index (χ2n) is 6.03. The van der Waals surface area contributed by atoms with Gasteiger partial charge in [0.1, 0.15) is 0 Å². The van der Waals surface area contributed by atoms with Gasteiger partial charge in [-0.15, -0.1) is 0 Å². The lowest BCUT2D eigenvalue weighted by Crippen LogP contribution is -2.49. The number of sulfonamides is 1. The van der Waals surface area contributed by atoms with E-state index in [2.05, 4.69) is 15.0 Å². The van der Waals surface area contributed by atoms with Crippen molar-refractivity contribution in [2.75, 3.05) is 26.0 Å². The van der Waals surface area contributed by atoms with Gasteiger partial charge in [-0.05, 0) is 25.3 Å². The molecule has 1 aromatic rings. The number of likely N-dealkylation sites (tertiary alicyclic amines) is 1. The number of methoxy groups -OCH3 is 1. The molecule has 2 amide bonds. The summed E-state index contributed by atoms with van der Waals surface area (Å²) in [5, 5.41) is 2.86. The molecule has 1 aliphatic heterocycles. The smallest absolute Gasteiger partial charge is 0.317 e. The van der Waals surface area contributed by atoms with Crippen LogP contribution in [0.2, 0.25) is 0 Å². The van der Waals surface area contributed by atoms with E-state index in [9.17, 15) is 13.2 Å². The molecule has 9 heteroatoms. The second kappa shape index (κ2) is 9.00. The number of ether oxygens (including phenoxy) is 1. The standard InChI is InChI=1S/C16H26N4O4S/c1-3-11-25(22,23)19-14-6-9-20(10-7-14)16(21)18-12-13-5-4-8-17-15(13)24-2/h4-5,8,14,19H,3,6-7,9-12H2,1-2H3,(H,18,21). The van der Waals surface area contributed by atoms with E-state index in [0.29, 0.717) is 44.8 Å². The van der Waals surface area contributed by atoms with Crippen LogP contribution in [0.3, 0.4) is 0 Å². The summed E-state index contributed by atoms with van der Waals surface area (Å²) in [4.78, 5) is 18.1. The Morgan fingerprint density at radius 2 is 2.12 bits per heavy atom. The average Bonchev–Trinajstić information content (AvgIpc) is 2.60. The molecule has 0 radical (unpaired) electrons. The third-order valence-electron chi connectivity index (χ3n) is 4.07. The molecule has 25 heavy (non-hydrogen) atoms. The Balaban J connectivity index is 1.79. The lowest BCUT2D eigenvalue weighted by Gasteiger charge is -2.32. The lowest BCUT2D eigenvalue weighted by atomic mass is 10.1. The van der Waals surface area contributed by atoms with E-state index >= 15 is 0 Å². The van der Waals surface area contributed by atoms with Crippen LogP contribution >= 0.6 is 0 Å². The number of rotatable bonds is 7. The van der Waals surface area contributed by atoms with E-state index in [4.69, 9.17) is 4.74 Å². The van der Waals surface area contributed by atoms with Crippen molar-refractivity contribution in [1.82, 2.24) is 19.9 Å². The van der Waals surface area contributed by atoms with E-state index in [-0.39, 0.29) is 17.8 Å². The van der Waals surface area contributed by atoms with Crippen molar-refractivity contribution in [2.24, 2.45) is 0 Å².